The summed E-state index contributed by atoms with van der Waals surface area (Å²) in [5.74, 6) is -0.172. The average molecular weight is 511 g/mol. The van der Waals surface area contributed by atoms with Gasteiger partial charge in [-0.25, -0.2) is 4.79 Å². The predicted octanol–water partition coefficient (Wildman–Crippen LogP) is 5.83. The van der Waals surface area contributed by atoms with Crippen LogP contribution in [0.1, 0.15) is 23.8 Å². The van der Waals surface area contributed by atoms with Gasteiger partial charge in [-0.3, -0.25) is 4.79 Å². The van der Waals surface area contributed by atoms with Crippen molar-refractivity contribution in [2.24, 2.45) is 0 Å². The van der Waals surface area contributed by atoms with E-state index in [-0.39, 0.29) is 23.6 Å². The molecule has 3 rings (SSSR count). The van der Waals surface area contributed by atoms with Crippen LogP contribution in [0.5, 0.6) is 11.5 Å². The Hall–Kier alpha value is -3.99. The molecule has 0 unspecified atom stereocenters. The molecule has 1 amide bonds. The summed E-state index contributed by atoms with van der Waals surface area (Å²) in [4.78, 5) is 24.7. The number of rotatable bonds is 9. The molecule has 9 heteroatoms. The Morgan fingerprint density at radius 3 is 2.66 bits per heavy atom. The lowest BCUT2D eigenvalue weighted by Crippen LogP contribution is -2.23. The summed E-state index contributed by atoms with van der Waals surface area (Å²) < 4.78 is 16.1. The number of carbonyl (C=O) groups excluding carboxylic acids is 2. The molecular weight excluding hydrogens is 491 g/mol. The zero-order valence-corrected chi connectivity index (χ0v) is 20.1. The molecule has 0 saturated carbocycles. The number of ether oxygens (including phenoxy) is 2. The van der Waals surface area contributed by atoms with Crippen LogP contribution >= 0.6 is 23.2 Å². The first-order chi connectivity index (χ1) is 16.9. The Labute approximate surface area is 212 Å². The molecule has 3 aromatic rings. The average Bonchev–Trinajstić information content (AvgIpc) is 3.36. The van der Waals surface area contributed by atoms with Crippen molar-refractivity contribution in [3.8, 4) is 17.6 Å². The highest BCUT2D eigenvalue weighted by Gasteiger charge is 2.13. The number of halogens is 2. The van der Waals surface area contributed by atoms with Crippen LogP contribution in [-0.4, -0.2) is 18.5 Å². The molecule has 0 aliphatic rings. The highest BCUT2D eigenvalue weighted by atomic mass is 35.5. The summed E-state index contributed by atoms with van der Waals surface area (Å²) in [6.45, 7) is 2.24. The fraction of sp³-hybridized carbons (Fsp3) is 0.115. The standard InChI is InChI=1S/C26H20Cl2N2O5/c1-2-33-24-13-17(12-19(15-29)26(32)30-16-21-4-3-11-34-21)5-9-23(24)35-25(31)10-7-18-6-8-20(27)14-22(18)28/h3-14H,2,16H2,1H3,(H,30,32)/b10-7+,19-12+. The predicted molar refractivity (Wildman–Crippen MR) is 133 cm³/mol. The molecule has 0 aliphatic carbocycles. The van der Waals surface area contributed by atoms with Crippen molar-refractivity contribution in [2.45, 2.75) is 13.5 Å². The van der Waals surface area contributed by atoms with Crippen LogP contribution in [0.15, 0.2) is 70.9 Å². The van der Waals surface area contributed by atoms with Crippen LogP contribution in [0.3, 0.4) is 0 Å². The van der Waals surface area contributed by atoms with Gasteiger partial charge in [0.2, 0.25) is 0 Å². The van der Waals surface area contributed by atoms with Crippen LogP contribution in [-0.2, 0) is 16.1 Å². The number of hydrogen-bond donors (Lipinski definition) is 1. The number of amides is 1. The fourth-order valence-electron chi connectivity index (χ4n) is 2.89. The van der Waals surface area contributed by atoms with E-state index in [4.69, 9.17) is 37.1 Å². The molecule has 1 N–H and O–H groups in total. The van der Waals surface area contributed by atoms with Gasteiger partial charge in [0, 0.05) is 16.1 Å². The van der Waals surface area contributed by atoms with Crippen LogP contribution in [0, 0.1) is 11.3 Å². The Kier molecular flexibility index (Phi) is 9.13. The Bertz CT molecular complexity index is 1310. The van der Waals surface area contributed by atoms with E-state index in [1.807, 2.05) is 6.07 Å². The van der Waals surface area contributed by atoms with Gasteiger partial charge in [0.1, 0.15) is 17.4 Å². The van der Waals surface area contributed by atoms with Crippen molar-refractivity contribution in [2.75, 3.05) is 6.61 Å². The first-order valence-corrected chi connectivity index (χ1v) is 11.2. The third-order valence-corrected chi connectivity index (χ3v) is 5.08. The van der Waals surface area contributed by atoms with E-state index in [0.717, 1.165) is 0 Å². The molecule has 0 aliphatic heterocycles. The van der Waals surface area contributed by atoms with E-state index in [2.05, 4.69) is 5.32 Å². The molecule has 7 nitrogen and oxygen atoms in total. The van der Waals surface area contributed by atoms with Crippen molar-refractivity contribution < 1.29 is 23.5 Å². The highest BCUT2D eigenvalue weighted by Crippen LogP contribution is 2.30. The number of carbonyl (C=O) groups is 2. The zero-order chi connectivity index (χ0) is 25.2. The summed E-state index contributed by atoms with van der Waals surface area (Å²) in [5, 5.41) is 12.9. The second-order valence-electron chi connectivity index (χ2n) is 6.99. The highest BCUT2D eigenvalue weighted by molar-refractivity contribution is 6.35. The minimum absolute atomic E-state index is 0.105. The molecule has 178 valence electrons. The largest absolute Gasteiger partial charge is 0.490 e. The van der Waals surface area contributed by atoms with Gasteiger partial charge in [-0.2, -0.15) is 5.26 Å². The topological polar surface area (TPSA) is 102 Å². The normalized spacial score (nSPS) is 11.2. The minimum atomic E-state index is -0.643. The maximum atomic E-state index is 12.4. The van der Waals surface area contributed by atoms with Crippen LogP contribution < -0.4 is 14.8 Å². The third kappa shape index (κ3) is 7.51. The van der Waals surface area contributed by atoms with Crippen LogP contribution in [0.2, 0.25) is 10.0 Å². The molecule has 0 fully saturated rings. The fourth-order valence-corrected chi connectivity index (χ4v) is 3.37. The van der Waals surface area contributed by atoms with E-state index in [1.54, 1.807) is 49.4 Å². The molecule has 1 aromatic heterocycles. The smallest absolute Gasteiger partial charge is 0.336 e. The van der Waals surface area contributed by atoms with Gasteiger partial charge < -0.3 is 19.2 Å². The van der Waals surface area contributed by atoms with Gasteiger partial charge in [0.15, 0.2) is 11.5 Å². The minimum Gasteiger partial charge on any atom is -0.490 e. The molecule has 1 heterocycles. The van der Waals surface area contributed by atoms with Crippen molar-refractivity contribution in [1.82, 2.24) is 5.32 Å². The van der Waals surface area contributed by atoms with E-state index >= 15 is 0 Å². The zero-order valence-electron chi connectivity index (χ0n) is 18.6. The Morgan fingerprint density at radius 2 is 1.97 bits per heavy atom. The Morgan fingerprint density at radius 1 is 1.14 bits per heavy atom. The monoisotopic (exact) mass is 510 g/mol. The molecular formula is C26H20Cl2N2O5. The number of hydrogen-bond acceptors (Lipinski definition) is 6. The summed E-state index contributed by atoms with van der Waals surface area (Å²) >= 11 is 12.0. The summed E-state index contributed by atoms with van der Waals surface area (Å²) in [6, 6.07) is 14.9. The quantitative estimate of drug-likeness (QED) is 0.168. The lowest BCUT2D eigenvalue weighted by molar-refractivity contribution is -0.129. The number of benzene rings is 2. The number of nitriles is 1. The van der Waals surface area contributed by atoms with E-state index < -0.39 is 11.9 Å². The van der Waals surface area contributed by atoms with E-state index in [0.29, 0.717) is 33.5 Å². The maximum absolute atomic E-state index is 12.4. The summed E-state index contributed by atoms with van der Waals surface area (Å²) in [6.07, 6.45) is 5.65. The van der Waals surface area contributed by atoms with Crippen molar-refractivity contribution >= 4 is 47.2 Å². The first-order valence-electron chi connectivity index (χ1n) is 10.4. The molecule has 35 heavy (non-hydrogen) atoms. The molecule has 0 bridgehead atoms. The number of esters is 1. The summed E-state index contributed by atoms with van der Waals surface area (Å²) in [7, 11) is 0. The number of furan rings is 1. The van der Waals surface area contributed by atoms with Gasteiger partial charge >= 0.3 is 5.97 Å². The molecule has 0 atom stereocenters. The number of nitrogens with zero attached hydrogens (tertiary/aromatic N) is 1. The third-order valence-electron chi connectivity index (χ3n) is 4.52. The molecule has 2 aromatic carbocycles. The number of nitrogens with one attached hydrogen (secondary N) is 1. The first kappa shape index (κ1) is 25.6. The maximum Gasteiger partial charge on any atom is 0.336 e. The van der Waals surface area contributed by atoms with Gasteiger partial charge in [0.25, 0.3) is 5.91 Å². The van der Waals surface area contributed by atoms with Gasteiger partial charge in [-0.1, -0.05) is 35.3 Å². The van der Waals surface area contributed by atoms with Crippen molar-refractivity contribution in [3.63, 3.8) is 0 Å². The van der Waals surface area contributed by atoms with Crippen molar-refractivity contribution in [1.29, 1.82) is 5.26 Å². The summed E-state index contributed by atoms with van der Waals surface area (Å²) in [5.41, 5.74) is 1.01. The van der Waals surface area contributed by atoms with E-state index in [9.17, 15) is 14.9 Å². The lowest BCUT2D eigenvalue weighted by Gasteiger charge is -2.11. The van der Waals surface area contributed by atoms with Crippen molar-refractivity contribution in [3.05, 3.63) is 93.4 Å². The van der Waals surface area contributed by atoms with Crippen LogP contribution in [0.25, 0.3) is 12.2 Å². The van der Waals surface area contributed by atoms with Gasteiger partial charge in [0.05, 0.1) is 19.4 Å². The second-order valence-corrected chi connectivity index (χ2v) is 7.83. The van der Waals surface area contributed by atoms with Gasteiger partial charge in [-0.15, -0.1) is 0 Å². The molecule has 0 saturated heterocycles. The molecule has 0 radical (unpaired) electrons. The van der Waals surface area contributed by atoms with Gasteiger partial charge in [-0.05, 0) is 66.6 Å². The molecule has 0 spiro atoms. The second kappa shape index (κ2) is 12.5. The van der Waals surface area contributed by atoms with E-state index in [1.165, 1.54) is 30.6 Å². The lowest BCUT2D eigenvalue weighted by atomic mass is 10.1. The Balaban J connectivity index is 1.73. The SMILES string of the molecule is CCOc1cc(/C=C(\C#N)C(=O)NCc2ccco2)ccc1OC(=O)/C=C/c1ccc(Cl)cc1Cl. The van der Waals surface area contributed by atoms with Crippen LogP contribution in [0.4, 0.5) is 0 Å².